The summed E-state index contributed by atoms with van der Waals surface area (Å²) in [6.07, 6.45) is 4.83. The number of ether oxygens (including phenoxy) is 1. The van der Waals surface area contributed by atoms with Gasteiger partial charge in [0.2, 0.25) is 10.0 Å². The lowest BCUT2D eigenvalue weighted by molar-refractivity contribution is -0.129. The highest BCUT2D eigenvalue weighted by molar-refractivity contribution is 7.89. The molecule has 1 atom stereocenters. The van der Waals surface area contributed by atoms with Crippen LogP contribution in [0.1, 0.15) is 55.8 Å². The quantitative estimate of drug-likeness (QED) is 0.746. The molecule has 0 unspecified atom stereocenters. The van der Waals surface area contributed by atoms with Crippen molar-refractivity contribution in [1.29, 1.82) is 0 Å². The van der Waals surface area contributed by atoms with Crippen molar-refractivity contribution in [3.05, 3.63) is 29.8 Å². The predicted molar refractivity (Wildman–Crippen MR) is 99.7 cm³/mol. The zero-order valence-corrected chi connectivity index (χ0v) is 16.3. The van der Waals surface area contributed by atoms with Gasteiger partial charge in [-0.15, -0.1) is 0 Å². The van der Waals surface area contributed by atoms with Crippen LogP contribution >= 0.6 is 0 Å². The molecule has 1 saturated carbocycles. The molecule has 1 amide bonds. The molecule has 0 radical (unpaired) electrons. The first-order valence-corrected chi connectivity index (χ1v) is 10.9. The van der Waals surface area contributed by atoms with Crippen LogP contribution in [-0.2, 0) is 19.6 Å². The van der Waals surface area contributed by atoms with Gasteiger partial charge in [0, 0.05) is 19.1 Å². The molecule has 148 valence electrons. The maximum atomic E-state index is 12.6. The third-order valence-corrected chi connectivity index (χ3v) is 7.02. The molecule has 1 N–H and O–H groups in total. The largest absolute Gasteiger partial charge is 0.449 e. The van der Waals surface area contributed by atoms with Crippen molar-refractivity contribution >= 4 is 21.9 Å². The second-order valence-electron chi connectivity index (χ2n) is 7.18. The summed E-state index contributed by atoms with van der Waals surface area (Å²) in [5.41, 5.74) is 0.121. The van der Waals surface area contributed by atoms with Crippen LogP contribution in [0.2, 0.25) is 0 Å². The van der Waals surface area contributed by atoms with Gasteiger partial charge in [-0.1, -0.05) is 18.9 Å². The number of carbonyl (C=O) groups excluding carboxylic acids is 2. The van der Waals surface area contributed by atoms with Crippen molar-refractivity contribution in [2.45, 2.75) is 62.5 Å². The van der Waals surface area contributed by atoms with Gasteiger partial charge in [0.25, 0.3) is 5.91 Å². The highest BCUT2D eigenvalue weighted by atomic mass is 32.2. The molecule has 1 aliphatic carbocycles. The fourth-order valence-corrected chi connectivity index (χ4v) is 5.10. The number of nitrogens with one attached hydrogen (secondary N) is 1. The molecule has 0 aromatic heterocycles. The van der Waals surface area contributed by atoms with Crippen LogP contribution in [0.5, 0.6) is 0 Å². The van der Waals surface area contributed by atoms with E-state index in [1.807, 2.05) is 0 Å². The summed E-state index contributed by atoms with van der Waals surface area (Å²) >= 11 is 0. The topological polar surface area (TPSA) is 92.8 Å². The van der Waals surface area contributed by atoms with E-state index in [2.05, 4.69) is 5.32 Å². The number of carbonyl (C=O) groups is 2. The van der Waals surface area contributed by atoms with Gasteiger partial charge in [-0.25, -0.2) is 13.2 Å². The molecule has 0 spiro atoms. The zero-order chi connectivity index (χ0) is 19.4. The van der Waals surface area contributed by atoms with Crippen LogP contribution in [0.4, 0.5) is 0 Å². The first-order valence-electron chi connectivity index (χ1n) is 9.49. The molecule has 7 nitrogen and oxygen atoms in total. The third-order valence-electron chi connectivity index (χ3n) is 5.13. The monoisotopic (exact) mass is 394 g/mol. The minimum absolute atomic E-state index is 0.0712. The van der Waals surface area contributed by atoms with Crippen LogP contribution in [0.25, 0.3) is 0 Å². The van der Waals surface area contributed by atoms with Crippen LogP contribution in [0.3, 0.4) is 0 Å². The van der Waals surface area contributed by atoms with E-state index in [1.165, 1.54) is 35.5 Å². The molecular formula is C19H26N2O5S. The summed E-state index contributed by atoms with van der Waals surface area (Å²) in [5, 5.41) is 2.89. The Kier molecular flexibility index (Phi) is 6.16. The smallest absolute Gasteiger partial charge is 0.338 e. The summed E-state index contributed by atoms with van der Waals surface area (Å²) in [4.78, 5) is 24.6. The SMILES string of the molecule is C[C@@H](OC(=O)c1cccc(S(=O)(=O)N2CCCC2)c1)C(=O)NC1CCCC1. The summed E-state index contributed by atoms with van der Waals surface area (Å²) in [7, 11) is -3.61. The number of nitrogens with zero attached hydrogens (tertiary/aromatic N) is 1. The van der Waals surface area contributed by atoms with E-state index in [0.29, 0.717) is 13.1 Å². The number of benzene rings is 1. The van der Waals surface area contributed by atoms with Crippen molar-refractivity contribution < 1.29 is 22.7 Å². The Hall–Kier alpha value is -1.93. The van der Waals surface area contributed by atoms with Crippen LogP contribution in [-0.4, -0.2) is 49.8 Å². The number of hydrogen-bond acceptors (Lipinski definition) is 5. The second kappa shape index (κ2) is 8.39. The van der Waals surface area contributed by atoms with Crippen molar-refractivity contribution in [2.75, 3.05) is 13.1 Å². The highest BCUT2D eigenvalue weighted by Gasteiger charge is 2.28. The summed E-state index contributed by atoms with van der Waals surface area (Å²) in [6.45, 7) is 2.51. The Morgan fingerprint density at radius 1 is 1.15 bits per heavy atom. The number of rotatable bonds is 6. The average Bonchev–Trinajstić information content (AvgIpc) is 3.35. The minimum Gasteiger partial charge on any atom is -0.449 e. The van der Waals surface area contributed by atoms with E-state index in [1.54, 1.807) is 0 Å². The fourth-order valence-electron chi connectivity index (χ4n) is 3.53. The molecule has 3 rings (SSSR count). The normalized spacial score (nSPS) is 19.7. The molecule has 1 aliphatic heterocycles. The standard InChI is InChI=1S/C19H26N2O5S/c1-14(18(22)20-16-8-2-3-9-16)26-19(23)15-7-6-10-17(13-15)27(24,25)21-11-4-5-12-21/h6-7,10,13-14,16H,2-5,8-9,11-12H2,1H3,(H,20,22)/t14-/m1/s1. The first kappa shape index (κ1) is 19.8. The van der Waals surface area contributed by atoms with E-state index in [-0.39, 0.29) is 22.4 Å². The van der Waals surface area contributed by atoms with E-state index in [0.717, 1.165) is 38.5 Å². The molecule has 2 fully saturated rings. The van der Waals surface area contributed by atoms with Crippen molar-refractivity contribution in [3.8, 4) is 0 Å². The Bertz CT molecular complexity index is 796. The van der Waals surface area contributed by atoms with Gasteiger partial charge in [-0.3, -0.25) is 4.79 Å². The molecular weight excluding hydrogens is 368 g/mol. The Morgan fingerprint density at radius 2 is 1.81 bits per heavy atom. The van der Waals surface area contributed by atoms with Crippen molar-refractivity contribution in [1.82, 2.24) is 9.62 Å². The number of hydrogen-bond donors (Lipinski definition) is 1. The summed E-state index contributed by atoms with van der Waals surface area (Å²) in [6, 6.07) is 5.95. The van der Waals surface area contributed by atoms with Crippen molar-refractivity contribution in [3.63, 3.8) is 0 Å². The van der Waals surface area contributed by atoms with Gasteiger partial charge in [0.15, 0.2) is 6.10 Å². The lowest BCUT2D eigenvalue weighted by Crippen LogP contribution is -2.40. The fraction of sp³-hybridized carbons (Fsp3) is 0.579. The lowest BCUT2D eigenvalue weighted by atomic mass is 10.2. The van der Waals surface area contributed by atoms with E-state index in [9.17, 15) is 18.0 Å². The molecule has 1 heterocycles. The van der Waals surface area contributed by atoms with Crippen LogP contribution in [0.15, 0.2) is 29.2 Å². The molecule has 1 aromatic rings. The number of esters is 1. The van der Waals surface area contributed by atoms with E-state index >= 15 is 0 Å². The summed E-state index contributed by atoms with van der Waals surface area (Å²) < 4.78 is 32.0. The van der Waals surface area contributed by atoms with Gasteiger partial charge < -0.3 is 10.1 Å². The van der Waals surface area contributed by atoms with E-state index < -0.39 is 22.1 Å². The Balaban J connectivity index is 1.65. The van der Waals surface area contributed by atoms with Crippen molar-refractivity contribution in [2.24, 2.45) is 0 Å². The predicted octanol–water partition coefficient (Wildman–Crippen LogP) is 2.08. The lowest BCUT2D eigenvalue weighted by Gasteiger charge is -2.18. The van der Waals surface area contributed by atoms with Gasteiger partial charge >= 0.3 is 5.97 Å². The van der Waals surface area contributed by atoms with Gasteiger partial charge in [-0.05, 0) is 50.8 Å². The molecule has 8 heteroatoms. The molecule has 0 bridgehead atoms. The zero-order valence-electron chi connectivity index (χ0n) is 15.5. The van der Waals surface area contributed by atoms with Gasteiger partial charge in [0.05, 0.1) is 10.5 Å². The maximum Gasteiger partial charge on any atom is 0.338 e. The Labute approximate surface area is 160 Å². The third kappa shape index (κ3) is 4.68. The van der Waals surface area contributed by atoms with E-state index in [4.69, 9.17) is 4.74 Å². The molecule has 2 aliphatic rings. The Morgan fingerprint density at radius 3 is 2.48 bits per heavy atom. The number of amides is 1. The highest BCUT2D eigenvalue weighted by Crippen LogP contribution is 2.22. The number of sulfonamides is 1. The second-order valence-corrected chi connectivity index (χ2v) is 9.11. The van der Waals surface area contributed by atoms with Crippen LogP contribution in [0, 0.1) is 0 Å². The first-order chi connectivity index (χ1) is 12.9. The molecule has 1 aromatic carbocycles. The summed E-state index contributed by atoms with van der Waals surface area (Å²) in [5.74, 6) is -1.03. The molecule has 1 saturated heterocycles. The van der Waals surface area contributed by atoms with Gasteiger partial charge in [0.1, 0.15) is 0 Å². The molecule has 27 heavy (non-hydrogen) atoms. The minimum atomic E-state index is -3.61. The van der Waals surface area contributed by atoms with Gasteiger partial charge in [-0.2, -0.15) is 4.31 Å². The van der Waals surface area contributed by atoms with Crippen LogP contribution < -0.4 is 5.32 Å². The maximum absolute atomic E-state index is 12.6. The average molecular weight is 394 g/mol.